The van der Waals surface area contributed by atoms with Crippen LogP contribution in [0.25, 0.3) is 0 Å². The first-order valence-electron chi connectivity index (χ1n) is 7.91. The van der Waals surface area contributed by atoms with E-state index in [1.165, 1.54) is 23.4 Å². The third-order valence-corrected chi connectivity index (χ3v) is 6.39. The van der Waals surface area contributed by atoms with Gasteiger partial charge in [-0.05, 0) is 19.1 Å². The van der Waals surface area contributed by atoms with Gasteiger partial charge in [0.25, 0.3) is 0 Å². The number of ether oxygens (including phenoxy) is 1. The Hall–Kier alpha value is -1.77. The molecular formula is C16H20N2O5S. The van der Waals surface area contributed by atoms with Crippen LogP contribution in [0.4, 0.5) is 0 Å². The number of benzene rings is 1. The molecule has 0 amide bonds. The minimum absolute atomic E-state index is 0.129. The lowest BCUT2D eigenvalue weighted by atomic mass is 10.2. The maximum absolute atomic E-state index is 12.8. The summed E-state index contributed by atoms with van der Waals surface area (Å²) in [6.07, 6.45) is 0.659. The fraction of sp³-hybridized carbons (Fsp3) is 0.500. The molecule has 0 N–H and O–H groups in total. The number of hydrogen-bond donors (Lipinski definition) is 0. The molecule has 3 rings (SSSR count). The first-order chi connectivity index (χ1) is 11.4. The molecule has 2 saturated heterocycles. The zero-order valence-electron chi connectivity index (χ0n) is 13.5. The summed E-state index contributed by atoms with van der Waals surface area (Å²) in [5.74, 6) is -0.392. The molecule has 2 fully saturated rings. The van der Waals surface area contributed by atoms with Crippen molar-refractivity contribution in [3.63, 3.8) is 0 Å². The molecule has 1 atom stereocenters. The number of ketones is 1. The van der Waals surface area contributed by atoms with Crippen LogP contribution < -0.4 is 0 Å². The highest BCUT2D eigenvalue weighted by atomic mass is 32.2. The van der Waals surface area contributed by atoms with Crippen LogP contribution in [0.3, 0.4) is 0 Å². The second-order valence-corrected chi connectivity index (χ2v) is 7.93. The Bertz CT molecular complexity index is 753. The van der Waals surface area contributed by atoms with Crippen LogP contribution in [-0.4, -0.2) is 68.2 Å². The normalized spacial score (nSPS) is 23.2. The van der Waals surface area contributed by atoms with Crippen LogP contribution >= 0.6 is 0 Å². The molecule has 2 aliphatic heterocycles. The van der Waals surface area contributed by atoms with E-state index >= 15 is 0 Å². The first kappa shape index (κ1) is 17.1. The molecule has 1 aromatic rings. The zero-order chi connectivity index (χ0) is 17.3. The highest BCUT2D eigenvalue weighted by Gasteiger charge is 2.36. The van der Waals surface area contributed by atoms with E-state index in [9.17, 15) is 18.0 Å². The summed E-state index contributed by atoms with van der Waals surface area (Å²) < 4.78 is 31.9. The predicted octanol–water partition coefficient (Wildman–Crippen LogP) is 0.511. The summed E-state index contributed by atoms with van der Waals surface area (Å²) in [5.41, 5.74) is 0.378. The lowest BCUT2D eigenvalue weighted by Gasteiger charge is -2.35. The lowest BCUT2D eigenvalue weighted by molar-refractivity contribution is -0.142. The Balaban J connectivity index is 1.72. The van der Waals surface area contributed by atoms with Gasteiger partial charge in [0.15, 0.2) is 5.78 Å². The molecule has 0 spiro atoms. The molecule has 0 aliphatic carbocycles. The van der Waals surface area contributed by atoms with Gasteiger partial charge in [0.1, 0.15) is 6.04 Å². The Morgan fingerprint density at radius 2 is 1.92 bits per heavy atom. The summed E-state index contributed by atoms with van der Waals surface area (Å²) >= 11 is 0. The number of carbonyl (C=O) groups is 2. The van der Waals surface area contributed by atoms with Crippen molar-refractivity contribution in [3.05, 3.63) is 29.8 Å². The first-order valence-corrected chi connectivity index (χ1v) is 9.35. The van der Waals surface area contributed by atoms with Gasteiger partial charge in [-0.25, -0.2) is 8.42 Å². The van der Waals surface area contributed by atoms with Crippen molar-refractivity contribution in [2.75, 3.05) is 32.8 Å². The third kappa shape index (κ3) is 3.22. The summed E-state index contributed by atoms with van der Waals surface area (Å²) in [4.78, 5) is 25.2. The monoisotopic (exact) mass is 352 g/mol. The van der Waals surface area contributed by atoms with Crippen LogP contribution in [0, 0.1) is 0 Å². The third-order valence-electron chi connectivity index (χ3n) is 4.50. The molecule has 0 radical (unpaired) electrons. The highest BCUT2D eigenvalue weighted by Crippen LogP contribution is 2.22. The van der Waals surface area contributed by atoms with E-state index in [0.29, 0.717) is 44.8 Å². The van der Waals surface area contributed by atoms with Crippen molar-refractivity contribution < 1.29 is 22.7 Å². The van der Waals surface area contributed by atoms with Gasteiger partial charge in [0.05, 0.1) is 11.5 Å². The van der Waals surface area contributed by atoms with Crippen molar-refractivity contribution in [1.29, 1.82) is 0 Å². The molecule has 24 heavy (non-hydrogen) atoms. The quantitative estimate of drug-likeness (QED) is 0.580. The molecule has 0 aromatic heterocycles. The van der Waals surface area contributed by atoms with E-state index in [4.69, 9.17) is 4.74 Å². The topological polar surface area (TPSA) is 84.0 Å². The molecule has 7 nitrogen and oxygen atoms in total. The molecular weight excluding hydrogens is 332 g/mol. The molecule has 8 heteroatoms. The number of carbonyl (C=O) groups excluding carboxylic acids is 2. The molecule has 0 saturated carbocycles. The van der Waals surface area contributed by atoms with Gasteiger partial charge in [-0.1, -0.05) is 12.1 Å². The van der Waals surface area contributed by atoms with Crippen LogP contribution in [-0.2, 0) is 19.6 Å². The van der Waals surface area contributed by atoms with Gasteiger partial charge in [-0.15, -0.1) is 0 Å². The van der Waals surface area contributed by atoms with E-state index in [1.807, 2.05) is 4.90 Å². The average molecular weight is 352 g/mol. The van der Waals surface area contributed by atoms with Gasteiger partial charge < -0.3 is 4.74 Å². The SMILES string of the molecule is CC(=O)c1cccc(S(=O)(=O)N2CCN(C3CCOC3=O)CC2)c1. The van der Waals surface area contributed by atoms with Gasteiger partial charge >= 0.3 is 5.97 Å². The Kier molecular flexibility index (Phi) is 4.71. The van der Waals surface area contributed by atoms with E-state index < -0.39 is 10.0 Å². The van der Waals surface area contributed by atoms with Crippen molar-refractivity contribution in [3.8, 4) is 0 Å². The van der Waals surface area contributed by atoms with Gasteiger partial charge in [-0.3, -0.25) is 14.5 Å². The smallest absolute Gasteiger partial charge is 0.323 e. The summed E-state index contributed by atoms with van der Waals surface area (Å²) in [7, 11) is -3.64. The largest absolute Gasteiger partial charge is 0.464 e. The van der Waals surface area contributed by atoms with Crippen LogP contribution in [0.2, 0.25) is 0 Å². The van der Waals surface area contributed by atoms with Crippen LogP contribution in [0.1, 0.15) is 23.7 Å². The number of Topliss-reactive ketones (excluding diaryl/α,β-unsaturated/α-hetero) is 1. The van der Waals surface area contributed by atoms with E-state index in [-0.39, 0.29) is 22.7 Å². The summed E-state index contributed by atoms with van der Waals surface area (Å²) in [6.45, 7) is 3.45. The number of piperazine rings is 1. The molecule has 130 valence electrons. The maximum Gasteiger partial charge on any atom is 0.323 e. The van der Waals surface area contributed by atoms with E-state index in [0.717, 1.165) is 0 Å². The Morgan fingerprint density at radius 1 is 1.21 bits per heavy atom. The molecule has 0 bridgehead atoms. The minimum Gasteiger partial charge on any atom is -0.464 e. The lowest BCUT2D eigenvalue weighted by Crippen LogP contribution is -2.52. The van der Waals surface area contributed by atoms with Gasteiger partial charge in [-0.2, -0.15) is 4.31 Å². The van der Waals surface area contributed by atoms with Gasteiger partial charge in [0, 0.05) is 38.2 Å². The van der Waals surface area contributed by atoms with Crippen LogP contribution in [0.15, 0.2) is 29.2 Å². The average Bonchev–Trinajstić information content (AvgIpc) is 3.01. The second-order valence-electron chi connectivity index (χ2n) is 6.00. The van der Waals surface area contributed by atoms with Crippen molar-refractivity contribution in [2.24, 2.45) is 0 Å². The van der Waals surface area contributed by atoms with Gasteiger partial charge in [0.2, 0.25) is 10.0 Å². The standard InChI is InChI=1S/C16H20N2O5S/c1-12(19)13-3-2-4-14(11-13)24(21,22)18-8-6-17(7-9-18)15-5-10-23-16(15)20/h2-4,11,15H,5-10H2,1H3. The van der Waals surface area contributed by atoms with E-state index in [1.54, 1.807) is 12.1 Å². The number of nitrogens with zero attached hydrogens (tertiary/aromatic N) is 2. The summed E-state index contributed by atoms with van der Waals surface area (Å²) in [6, 6.07) is 5.84. The number of esters is 1. The number of rotatable bonds is 4. The minimum atomic E-state index is -3.64. The maximum atomic E-state index is 12.8. The Labute approximate surface area is 141 Å². The molecule has 2 heterocycles. The van der Waals surface area contributed by atoms with Crippen LogP contribution in [0.5, 0.6) is 0 Å². The molecule has 2 aliphatic rings. The molecule has 1 aromatic carbocycles. The number of cyclic esters (lactones) is 1. The number of hydrogen-bond acceptors (Lipinski definition) is 6. The highest BCUT2D eigenvalue weighted by molar-refractivity contribution is 7.89. The van der Waals surface area contributed by atoms with Crippen molar-refractivity contribution in [2.45, 2.75) is 24.3 Å². The number of sulfonamides is 1. The Morgan fingerprint density at radius 3 is 2.50 bits per heavy atom. The molecule has 1 unspecified atom stereocenters. The fourth-order valence-electron chi connectivity index (χ4n) is 3.10. The fourth-order valence-corrected chi connectivity index (χ4v) is 4.57. The second kappa shape index (κ2) is 6.62. The van der Waals surface area contributed by atoms with Crippen molar-refractivity contribution >= 4 is 21.8 Å². The van der Waals surface area contributed by atoms with Crippen molar-refractivity contribution in [1.82, 2.24) is 9.21 Å². The zero-order valence-corrected chi connectivity index (χ0v) is 14.3. The predicted molar refractivity (Wildman–Crippen MR) is 86.1 cm³/mol. The van der Waals surface area contributed by atoms with E-state index in [2.05, 4.69) is 0 Å². The summed E-state index contributed by atoms with van der Waals surface area (Å²) in [5, 5.41) is 0.